The van der Waals surface area contributed by atoms with E-state index < -0.39 is 14.9 Å². The molecule has 9 heteroatoms. The zero-order valence-electron chi connectivity index (χ0n) is 15.4. The first kappa shape index (κ1) is 20.0. The number of hydrogen-bond acceptors (Lipinski definition) is 5. The van der Waals surface area contributed by atoms with Gasteiger partial charge in [0.1, 0.15) is 0 Å². The summed E-state index contributed by atoms with van der Waals surface area (Å²) in [5.74, 6) is -0.260. The van der Waals surface area contributed by atoms with E-state index in [1.165, 1.54) is 28.6 Å². The summed E-state index contributed by atoms with van der Waals surface area (Å²) in [6.45, 7) is 3.12. The third-order valence-electron chi connectivity index (χ3n) is 4.73. The SMILES string of the molecule is Cc1ccc(S(=O)(=O)N2CCCN(C(=O)c3ccc([N+](=O)[O-])cc3)CC2)cc1. The van der Waals surface area contributed by atoms with Gasteiger partial charge in [-0.2, -0.15) is 4.31 Å². The molecule has 8 nitrogen and oxygen atoms in total. The normalized spacial score (nSPS) is 15.8. The van der Waals surface area contributed by atoms with Gasteiger partial charge in [-0.15, -0.1) is 0 Å². The lowest BCUT2D eigenvalue weighted by atomic mass is 10.2. The number of nitrogens with zero attached hydrogens (tertiary/aromatic N) is 3. The van der Waals surface area contributed by atoms with Gasteiger partial charge in [-0.1, -0.05) is 17.7 Å². The van der Waals surface area contributed by atoms with Gasteiger partial charge in [0.2, 0.25) is 10.0 Å². The summed E-state index contributed by atoms with van der Waals surface area (Å²) < 4.78 is 27.1. The predicted molar refractivity (Wildman–Crippen MR) is 104 cm³/mol. The Balaban J connectivity index is 1.71. The Bertz CT molecular complexity index is 972. The monoisotopic (exact) mass is 403 g/mol. The number of carbonyl (C=O) groups is 1. The molecule has 0 spiro atoms. The van der Waals surface area contributed by atoms with Gasteiger partial charge in [0.15, 0.2) is 0 Å². The van der Waals surface area contributed by atoms with Gasteiger partial charge in [-0.05, 0) is 37.6 Å². The van der Waals surface area contributed by atoms with Crippen LogP contribution in [-0.4, -0.2) is 54.6 Å². The Labute approximate surface area is 163 Å². The molecule has 1 aliphatic rings. The molecular weight excluding hydrogens is 382 g/mol. The van der Waals surface area contributed by atoms with Crippen LogP contribution in [0, 0.1) is 17.0 Å². The van der Waals surface area contributed by atoms with Crippen LogP contribution in [0.3, 0.4) is 0 Å². The van der Waals surface area contributed by atoms with E-state index in [0.29, 0.717) is 25.1 Å². The van der Waals surface area contributed by atoms with Crippen molar-refractivity contribution in [1.29, 1.82) is 0 Å². The molecule has 0 atom stereocenters. The van der Waals surface area contributed by atoms with Gasteiger partial charge >= 0.3 is 0 Å². The molecule has 2 aromatic carbocycles. The molecule has 0 aliphatic carbocycles. The maximum Gasteiger partial charge on any atom is 0.269 e. The Morgan fingerprint density at radius 1 is 0.964 bits per heavy atom. The van der Waals surface area contributed by atoms with E-state index in [2.05, 4.69) is 0 Å². The van der Waals surface area contributed by atoms with Crippen LogP contribution in [0.5, 0.6) is 0 Å². The van der Waals surface area contributed by atoms with Crippen molar-refractivity contribution in [3.63, 3.8) is 0 Å². The highest BCUT2D eigenvalue weighted by molar-refractivity contribution is 7.89. The van der Waals surface area contributed by atoms with Gasteiger partial charge in [-0.3, -0.25) is 14.9 Å². The van der Waals surface area contributed by atoms with Crippen LogP contribution in [0.15, 0.2) is 53.4 Å². The van der Waals surface area contributed by atoms with Crippen molar-refractivity contribution in [3.05, 3.63) is 69.8 Å². The molecule has 3 rings (SSSR count). The van der Waals surface area contributed by atoms with Gasteiger partial charge in [0.25, 0.3) is 11.6 Å². The van der Waals surface area contributed by atoms with Crippen molar-refractivity contribution in [2.75, 3.05) is 26.2 Å². The second kappa shape index (κ2) is 8.07. The maximum atomic E-state index is 12.9. The fourth-order valence-electron chi connectivity index (χ4n) is 3.10. The summed E-state index contributed by atoms with van der Waals surface area (Å²) in [5.41, 5.74) is 1.25. The third-order valence-corrected chi connectivity index (χ3v) is 6.64. The Hall–Kier alpha value is -2.78. The molecule has 148 valence electrons. The molecule has 0 aromatic heterocycles. The number of benzene rings is 2. The van der Waals surface area contributed by atoms with Crippen LogP contribution < -0.4 is 0 Å². The van der Waals surface area contributed by atoms with Gasteiger partial charge in [0.05, 0.1) is 9.82 Å². The van der Waals surface area contributed by atoms with E-state index in [9.17, 15) is 23.3 Å². The maximum absolute atomic E-state index is 12.9. The lowest BCUT2D eigenvalue weighted by Gasteiger charge is -2.22. The number of amides is 1. The van der Waals surface area contributed by atoms with Crippen LogP contribution in [0.25, 0.3) is 0 Å². The minimum Gasteiger partial charge on any atom is -0.337 e. The molecule has 1 aliphatic heterocycles. The van der Waals surface area contributed by atoms with Crippen molar-refractivity contribution < 1.29 is 18.1 Å². The van der Waals surface area contributed by atoms with Gasteiger partial charge < -0.3 is 4.90 Å². The number of nitro benzene ring substituents is 1. The molecule has 2 aromatic rings. The van der Waals surface area contributed by atoms with Crippen molar-refractivity contribution in [1.82, 2.24) is 9.21 Å². The fourth-order valence-corrected chi connectivity index (χ4v) is 4.57. The summed E-state index contributed by atoms with van der Waals surface area (Å²) in [5, 5.41) is 10.7. The molecule has 1 saturated heterocycles. The lowest BCUT2D eigenvalue weighted by molar-refractivity contribution is -0.384. The van der Waals surface area contributed by atoms with E-state index in [1.54, 1.807) is 29.2 Å². The van der Waals surface area contributed by atoms with Crippen molar-refractivity contribution >= 4 is 21.6 Å². The van der Waals surface area contributed by atoms with E-state index >= 15 is 0 Å². The first-order valence-corrected chi connectivity index (χ1v) is 10.3. The van der Waals surface area contributed by atoms with E-state index in [0.717, 1.165) is 5.56 Å². The molecule has 0 unspecified atom stereocenters. The first-order chi connectivity index (χ1) is 13.3. The average Bonchev–Trinajstić information content (AvgIpc) is 2.94. The van der Waals surface area contributed by atoms with Crippen LogP contribution in [0.4, 0.5) is 5.69 Å². The minimum atomic E-state index is -3.61. The number of sulfonamides is 1. The average molecular weight is 403 g/mol. The summed E-state index contributed by atoms with van der Waals surface area (Å²) >= 11 is 0. The largest absolute Gasteiger partial charge is 0.337 e. The van der Waals surface area contributed by atoms with E-state index in [-0.39, 0.29) is 29.6 Å². The van der Waals surface area contributed by atoms with Gasteiger partial charge in [0, 0.05) is 43.9 Å². The molecule has 28 heavy (non-hydrogen) atoms. The molecule has 0 saturated carbocycles. The van der Waals surface area contributed by atoms with Crippen molar-refractivity contribution in [2.45, 2.75) is 18.2 Å². The predicted octanol–water partition coefficient (Wildman–Crippen LogP) is 2.44. The molecule has 0 radical (unpaired) electrons. The van der Waals surface area contributed by atoms with Crippen molar-refractivity contribution in [2.24, 2.45) is 0 Å². The van der Waals surface area contributed by atoms with Crippen molar-refractivity contribution in [3.8, 4) is 0 Å². The molecular formula is C19H21N3O5S. The number of rotatable bonds is 4. The summed E-state index contributed by atoms with van der Waals surface area (Å²) in [4.78, 5) is 24.7. The second-order valence-electron chi connectivity index (χ2n) is 6.67. The highest BCUT2D eigenvalue weighted by Crippen LogP contribution is 2.20. The zero-order chi connectivity index (χ0) is 20.3. The topological polar surface area (TPSA) is 101 Å². The molecule has 0 bridgehead atoms. The zero-order valence-corrected chi connectivity index (χ0v) is 16.3. The fraction of sp³-hybridized carbons (Fsp3) is 0.316. The highest BCUT2D eigenvalue weighted by Gasteiger charge is 2.28. The number of aryl methyl sites for hydroxylation is 1. The Morgan fingerprint density at radius 2 is 1.61 bits per heavy atom. The Morgan fingerprint density at radius 3 is 2.21 bits per heavy atom. The minimum absolute atomic E-state index is 0.0808. The van der Waals surface area contributed by atoms with Crippen LogP contribution in [0.1, 0.15) is 22.3 Å². The molecule has 0 N–H and O–H groups in total. The number of hydrogen-bond donors (Lipinski definition) is 0. The standard InChI is InChI=1S/C19H21N3O5S/c1-15-3-9-18(10-4-15)28(26,27)21-12-2-11-20(13-14-21)19(23)16-5-7-17(8-6-16)22(24)25/h3-10H,2,11-14H2,1H3. The molecule has 1 heterocycles. The third kappa shape index (κ3) is 4.20. The summed E-state index contributed by atoms with van der Waals surface area (Å²) in [6, 6.07) is 12.1. The lowest BCUT2D eigenvalue weighted by Crippen LogP contribution is -2.37. The van der Waals surface area contributed by atoms with Crippen LogP contribution in [-0.2, 0) is 10.0 Å². The molecule has 1 fully saturated rings. The van der Waals surface area contributed by atoms with Gasteiger partial charge in [-0.25, -0.2) is 8.42 Å². The molecule has 1 amide bonds. The summed E-state index contributed by atoms with van der Waals surface area (Å²) in [7, 11) is -3.61. The number of nitro groups is 1. The quantitative estimate of drug-likeness (QED) is 0.576. The van der Waals surface area contributed by atoms with E-state index in [4.69, 9.17) is 0 Å². The number of non-ortho nitro benzene ring substituents is 1. The van der Waals surface area contributed by atoms with E-state index in [1.807, 2.05) is 6.92 Å². The Kier molecular flexibility index (Phi) is 5.76. The van der Waals surface area contributed by atoms with Crippen LogP contribution >= 0.6 is 0 Å². The summed E-state index contributed by atoms with van der Waals surface area (Å²) in [6.07, 6.45) is 0.518. The first-order valence-electron chi connectivity index (χ1n) is 8.89. The highest BCUT2D eigenvalue weighted by atomic mass is 32.2. The second-order valence-corrected chi connectivity index (χ2v) is 8.60. The number of carbonyl (C=O) groups excluding carboxylic acids is 1. The smallest absolute Gasteiger partial charge is 0.269 e. The van der Waals surface area contributed by atoms with Crippen LogP contribution in [0.2, 0.25) is 0 Å².